The fraction of sp³-hybridized carbons (Fsp3) is 0.235. The van der Waals surface area contributed by atoms with Gasteiger partial charge in [0.2, 0.25) is 0 Å². The molecule has 0 spiro atoms. The first kappa shape index (κ1) is 14.3. The van der Waals surface area contributed by atoms with Gasteiger partial charge < -0.3 is 4.84 Å². The van der Waals surface area contributed by atoms with Gasteiger partial charge in [0, 0.05) is 0 Å². The first-order valence-corrected chi connectivity index (χ1v) is 7.05. The second-order valence-electron chi connectivity index (χ2n) is 5.48. The number of rotatable bonds is 4. The molecule has 1 aliphatic heterocycles. The molecule has 0 unspecified atom stereocenters. The van der Waals surface area contributed by atoms with Crippen LogP contribution in [0.2, 0.25) is 0 Å². The van der Waals surface area contributed by atoms with Crippen LogP contribution in [0.15, 0.2) is 49.1 Å². The summed E-state index contributed by atoms with van der Waals surface area (Å²) in [5.41, 5.74) is -0.262. The lowest BCUT2D eigenvalue weighted by atomic mass is 9.82. The van der Waals surface area contributed by atoms with E-state index in [-0.39, 0.29) is 11.1 Å². The molecule has 0 saturated heterocycles. The maximum Gasteiger partial charge on any atom is 0.340 e. The molecule has 0 bridgehead atoms. The van der Waals surface area contributed by atoms with Crippen LogP contribution in [-0.4, -0.2) is 22.8 Å². The Bertz CT molecular complexity index is 661. The van der Waals surface area contributed by atoms with Crippen molar-refractivity contribution in [2.75, 3.05) is 0 Å². The van der Waals surface area contributed by atoms with Crippen LogP contribution < -0.4 is 0 Å². The van der Waals surface area contributed by atoms with Gasteiger partial charge in [-0.15, -0.1) is 6.58 Å². The molecule has 5 heteroatoms. The highest BCUT2D eigenvalue weighted by Crippen LogP contribution is 2.39. The number of hydroxylamine groups is 2. The Hall–Kier alpha value is -2.69. The zero-order chi connectivity index (χ0) is 15.7. The Balaban J connectivity index is 1.82. The summed E-state index contributed by atoms with van der Waals surface area (Å²) in [7, 11) is 0. The molecule has 0 aromatic heterocycles. The number of amides is 2. The van der Waals surface area contributed by atoms with Crippen molar-refractivity contribution in [3.05, 3.63) is 60.2 Å². The number of nitrogens with zero attached hydrogens (tertiary/aromatic N) is 1. The highest BCUT2D eigenvalue weighted by molar-refractivity contribution is 6.20. The molecular weight excluding hydrogens is 282 g/mol. The Morgan fingerprint density at radius 3 is 2.23 bits per heavy atom. The first-order chi connectivity index (χ1) is 10.6. The van der Waals surface area contributed by atoms with Gasteiger partial charge in [0.1, 0.15) is 0 Å². The molecule has 2 amide bonds. The molecular formula is C17H15NO4. The minimum absolute atomic E-state index is 0.252. The highest BCUT2D eigenvalue weighted by Gasteiger charge is 2.45. The number of benzene rings is 1. The van der Waals surface area contributed by atoms with E-state index in [1.165, 1.54) is 0 Å². The second-order valence-corrected chi connectivity index (χ2v) is 5.48. The third-order valence-corrected chi connectivity index (χ3v) is 4.08. The number of fused-ring (bicyclic) bond motifs is 1. The lowest BCUT2D eigenvalue weighted by Crippen LogP contribution is -2.39. The average Bonchev–Trinajstić information content (AvgIpc) is 3.09. The predicted octanol–water partition coefficient (Wildman–Crippen LogP) is 2.65. The summed E-state index contributed by atoms with van der Waals surface area (Å²) in [6, 6.07) is 6.41. The van der Waals surface area contributed by atoms with Crippen LogP contribution in [0.1, 0.15) is 40.0 Å². The van der Waals surface area contributed by atoms with Crippen molar-refractivity contribution in [2.24, 2.45) is 5.41 Å². The van der Waals surface area contributed by atoms with E-state index in [1.807, 2.05) is 12.2 Å². The van der Waals surface area contributed by atoms with Crippen LogP contribution >= 0.6 is 0 Å². The van der Waals surface area contributed by atoms with E-state index in [0.717, 1.165) is 0 Å². The van der Waals surface area contributed by atoms with Crippen molar-refractivity contribution >= 4 is 17.8 Å². The second kappa shape index (κ2) is 5.26. The molecule has 3 rings (SSSR count). The first-order valence-electron chi connectivity index (χ1n) is 7.05. The molecule has 0 N–H and O–H groups in total. The number of carbonyl (C=O) groups is 3. The molecule has 1 aromatic carbocycles. The third kappa shape index (κ3) is 2.06. The van der Waals surface area contributed by atoms with Crippen LogP contribution in [0.25, 0.3) is 0 Å². The van der Waals surface area contributed by atoms with Crippen molar-refractivity contribution in [2.45, 2.75) is 19.3 Å². The molecule has 1 aromatic rings. The quantitative estimate of drug-likeness (QED) is 0.633. The standard InChI is InChI=1S/C17H15NO4/c1-2-9-17(10-5-6-11-17)16(21)22-18-14(19)12-7-3-4-8-13(12)15(18)20/h2-8H,1,9-11H2. The van der Waals surface area contributed by atoms with Gasteiger partial charge in [0.15, 0.2) is 0 Å². The van der Waals surface area contributed by atoms with Crippen molar-refractivity contribution in [1.82, 2.24) is 5.06 Å². The van der Waals surface area contributed by atoms with Gasteiger partial charge >= 0.3 is 5.97 Å². The monoisotopic (exact) mass is 297 g/mol. The summed E-state index contributed by atoms with van der Waals surface area (Å²) >= 11 is 0. The Labute approximate surface area is 127 Å². The average molecular weight is 297 g/mol. The number of hydrogen-bond acceptors (Lipinski definition) is 4. The normalized spacial score (nSPS) is 18.5. The highest BCUT2D eigenvalue weighted by atomic mass is 16.7. The van der Waals surface area contributed by atoms with E-state index >= 15 is 0 Å². The zero-order valence-electron chi connectivity index (χ0n) is 12.0. The molecule has 112 valence electrons. The minimum Gasteiger partial charge on any atom is -0.329 e. The summed E-state index contributed by atoms with van der Waals surface area (Å²) in [5, 5.41) is 0.566. The van der Waals surface area contributed by atoms with Gasteiger partial charge in [0.05, 0.1) is 16.5 Å². The van der Waals surface area contributed by atoms with Crippen LogP contribution in [0.4, 0.5) is 0 Å². The van der Waals surface area contributed by atoms with E-state index < -0.39 is 23.2 Å². The van der Waals surface area contributed by atoms with Gasteiger partial charge in [-0.25, -0.2) is 4.79 Å². The molecule has 0 fully saturated rings. The molecule has 5 nitrogen and oxygen atoms in total. The van der Waals surface area contributed by atoms with Crippen molar-refractivity contribution < 1.29 is 19.2 Å². The summed E-state index contributed by atoms with van der Waals surface area (Å²) in [6.45, 7) is 3.66. The van der Waals surface area contributed by atoms with Crippen molar-refractivity contribution in [1.29, 1.82) is 0 Å². The molecule has 0 radical (unpaired) electrons. The Kier molecular flexibility index (Phi) is 3.41. The lowest BCUT2D eigenvalue weighted by Gasteiger charge is -2.26. The van der Waals surface area contributed by atoms with Crippen molar-refractivity contribution in [3.63, 3.8) is 0 Å². The van der Waals surface area contributed by atoms with E-state index in [1.54, 1.807) is 30.3 Å². The number of allylic oxidation sites excluding steroid dienone is 3. The lowest BCUT2D eigenvalue weighted by molar-refractivity contribution is -0.180. The molecule has 0 saturated carbocycles. The van der Waals surface area contributed by atoms with Gasteiger partial charge in [-0.1, -0.05) is 35.4 Å². The van der Waals surface area contributed by atoms with Crippen LogP contribution in [0.3, 0.4) is 0 Å². The summed E-state index contributed by atoms with van der Waals surface area (Å²) in [6.07, 6.45) is 6.90. The van der Waals surface area contributed by atoms with E-state index in [0.29, 0.717) is 24.3 Å². The number of carbonyl (C=O) groups excluding carboxylic acids is 3. The fourth-order valence-corrected chi connectivity index (χ4v) is 2.82. The number of imide groups is 1. The minimum atomic E-state index is -0.767. The summed E-state index contributed by atoms with van der Waals surface area (Å²) in [4.78, 5) is 42.1. The van der Waals surface area contributed by atoms with Crippen LogP contribution in [-0.2, 0) is 9.63 Å². The maximum absolute atomic E-state index is 12.5. The van der Waals surface area contributed by atoms with E-state index in [9.17, 15) is 14.4 Å². The van der Waals surface area contributed by atoms with E-state index in [4.69, 9.17) is 4.84 Å². The smallest absolute Gasteiger partial charge is 0.329 e. The molecule has 0 atom stereocenters. The van der Waals surface area contributed by atoms with Gasteiger partial charge in [-0.05, 0) is 31.4 Å². The summed E-state index contributed by atoms with van der Waals surface area (Å²) in [5.74, 6) is -1.78. The SMILES string of the molecule is C=CCC1(C(=O)ON2C(=O)c3ccccc3C2=O)CC=CC1. The van der Waals surface area contributed by atoms with Crippen LogP contribution in [0, 0.1) is 5.41 Å². The van der Waals surface area contributed by atoms with Gasteiger partial charge in [-0.3, -0.25) is 9.59 Å². The number of hydrogen-bond donors (Lipinski definition) is 0. The molecule has 2 aliphatic rings. The predicted molar refractivity (Wildman–Crippen MR) is 78.7 cm³/mol. The van der Waals surface area contributed by atoms with E-state index in [2.05, 4.69) is 6.58 Å². The van der Waals surface area contributed by atoms with Crippen LogP contribution in [0.5, 0.6) is 0 Å². The summed E-state index contributed by atoms with van der Waals surface area (Å²) < 4.78 is 0. The van der Waals surface area contributed by atoms with Crippen molar-refractivity contribution in [3.8, 4) is 0 Å². The zero-order valence-corrected chi connectivity index (χ0v) is 12.0. The topological polar surface area (TPSA) is 63.7 Å². The molecule has 1 heterocycles. The Morgan fingerprint density at radius 2 is 1.73 bits per heavy atom. The fourth-order valence-electron chi connectivity index (χ4n) is 2.82. The maximum atomic E-state index is 12.5. The van der Waals surface area contributed by atoms with Gasteiger partial charge in [0.25, 0.3) is 11.8 Å². The Morgan fingerprint density at radius 1 is 1.18 bits per heavy atom. The van der Waals surface area contributed by atoms with Gasteiger partial charge in [-0.2, -0.15) is 0 Å². The molecule has 1 aliphatic carbocycles. The molecule has 22 heavy (non-hydrogen) atoms. The third-order valence-electron chi connectivity index (χ3n) is 4.08. The largest absolute Gasteiger partial charge is 0.340 e.